The second-order valence-electron chi connectivity index (χ2n) is 7.04. The van der Waals surface area contributed by atoms with Crippen LogP contribution in [-0.2, 0) is 21.4 Å². The lowest BCUT2D eigenvalue weighted by molar-refractivity contribution is -0.122. The molecule has 156 valence electrons. The Morgan fingerprint density at radius 2 is 1.90 bits per heavy atom. The standard InChI is InChI=1S/C20H24ClN3O4S/c1-14(24-29(26,27)18-9-7-16(21)8-10-18)20(25)23-13-15-6-11-19(22-12-15)28-17-4-2-3-5-17/h6-12,14,17,24H,2-5,13H2,1H3,(H,23,25)/t14-/m0/s1. The van der Waals surface area contributed by atoms with Crippen molar-refractivity contribution in [1.29, 1.82) is 0 Å². The fourth-order valence-electron chi connectivity index (χ4n) is 3.07. The van der Waals surface area contributed by atoms with Crippen molar-refractivity contribution in [2.45, 2.75) is 56.2 Å². The topological polar surface area (TPSA) is 97.4 Å². The first-order chi connectivity index (χ1) is 13.8. The predicted molar refractivity (Wildman–Crippen MR) is 110 cm³/mol. The highest BCUT2D eigenvalue weighted by molar-refractivity contribution is 7.89. The van der Waals surface area contributed by atoms with Gasteiger partial charge in [-0.05, 0) is 62.4 Å². The first-order valence-electron chi connectivity index (χ1n) is 9.51. The zero-order valence-electron chi connectivity index (χ0n) is 16.1. The number of sulfonamides is 1. The van der Waals surface area contributed by atoms with Crippen LogP contribution >= 0.6 is 11.6 Å². The molecule has 2 N–H and O–H groups in total. The molecule has 3 rings (SSSR count). The molecule has 0 radical (unpaired) electrons. The molecule has 7 nitrogen and oxygen atoms in total. The second kappa shape index (κ2) is 9.56. The van der Waals surface area contributed by atoms with E-state index in [0.29, 0.717) is 10.9 Å². The molecule has 1 saturated carbocycles. The van der Waals surface area contributed by atoms with Crippen LogP contribution in [0, 0.1) is 0 Å². The van der Waals surface area contributed by atoms with Crippen molar-refractivity contribution < 1.29 is 17.9 Å². The number of nitrogens with zero attached hydrogens (tertiary/aromatic N) is 1. The number of aromatic nitrogens is 1. The average molecular weight is 438 g/mol. The summed E-state index contributed by atoms with van der Waals surface area (Å²) in [6.07, 6.45) is 6.38. The Morgan fingerprint density at radius 1 is 1.21 bits per heavy atom. The molecule has 29 heavy (non-hydrogen) atoms. The first kappa shape index (κ1) is 21.5. The van der Waals surface area contributed by atoms with Gasteiger partial charge in [0.1, 0.15) is 6.10 Å². The van der Waals surface area contributed by atoms with Crippen molar-refractivity contribution in [3.05, 3.63) is 53.2 Å². The lowest BCUT2D eigenvalue weighted by Gasteiger charge is -2.15. The molecule has 1 fully saturated rings. The summed E-state index contributed by atoms with van der Waals surface area (Å²) >= 11 is 5.78. The summed E-state index contributed by atoms with van der Waals surface area (Å²) < 4.78 is 32.9. The van der Waals surface area contributed by atoms with E-state index in [-0.39, 0.29) is 17.5 Å². The molecule has 2 aromatic rings. The van der Waals surface area contributed by atoms with Gasteiger partial charge in [0.2, 0.25) is 21.8 Å². The van der Waals surface area contributed by atoms with Crippen LogP contribution in [0.25, 0.3) is 0 Å². The molecular weight excluding hydrogens is 414 g/mol. The number of hydrogen-bond acceptors (Lipinski definition) is 5. The number of amides is 1. The molecule has 0 bridgehead atoms. The molecule has 0 spiro atoms. The van der Waals surface area contributed by atoms with E-state index < -0.39 is 22.0 Å². The number of carbonyl (C=O) groups excluding carboxylic acids is 1. The fraction of sp³-hybridized carbons (Fsp3) is 0.400. The minimum absolute atomic E-state index is 0.0450. The number of benzene rings is 1. The van der Waals surface area contributed by atoms with Crippen LogP contribution < -0.4 is 14.8 Å². The molecule has 0 unspecified atom stereocenters. The summed E-state index contributed by atoms with van der Waals surface area (Å²) in [7, 11) is -3.82. The van der Waals surface area contributed by atoms with Crippen molar-refractivity contribution in [2.75, 3.05) is 0 Å². The fourth-order valence-corrected chi connectivity index (χ4v) is 4.40. The summed E-state index contributed by atoms with van der Waals surface area (Å²) in [5, 5.41) is 3.14. The molecule has 1 aromatic carbocycles. The lowest BCUT2D eigenvalue weighted by atomic mass is 10.2. The van der Waals surface area contributed by atoms with Gasteiger partial charge >= 0.3 is 0 Å². The Balaban J connectivity index is 1.49. The monoisotopic (exact) mass is 437 g/mol. The van der Waals surface area contributed by atoms with Gasteiger partial charge in [-0.3, -0.25) is 4.79 Å². The molecule has 1 atom stereocenters. The van der Waals surface area contributed by atoms with Gasteiger partial charge in [0.25, 0.3) is 0 Å². The van der Waals surface area contributed by atoms with Crippen molar-refractivity contribution in [3.63, 3.8) is 0 Å². The van der Waals surface area contributed by atoms with Crippen molar-refractivity contribution >= 4 is 27.5 Å². The molecule has 0 aliphatic heterocycles. The molecule has 1 heterocycles. The highest BCUT2D eigenvalue weighted by Gasteiger charge is 2.22. The summed E-state index contributed by atoms with van der Waals surface area (Å²) in [6.45, 7) is 1.72. The van der Waals surface area contributed by atoms with Crippen molar-refractivity contribution in [1.82, 2.24) is 15.0 Å². The van der Waals surface area contributed by atoms with Crippen LogP contribution in [-0.4, -0.2) is 31.5 Å². The number of ether oxygens (including phenoxy) is 1. The van der Waals surface area contributed by atoms with Gasteiger partial charge in [-0.15, -0.1) is 0 Å². The highest BCUT2D eigenvalue weighted by atomic mass is 35.5. The van der Waals surface area contributed by atoms with Crippen LogP contribution in [0.1, 0.15) is 38.2 Å². The van der Waals surface area contributed by atoms with Gasteiger partial charge in [0.05, 0.1) is 10.9 Å². The molecule has 1 aliphatic carbocycles. The zero-order valence-corrected chi connectivity index (χ0v) is 17.7. The molecular formula is C20H24ClN3O4S. The van der Waals surface area contributed by atoms with E-state index in [1.54, 1.807) is 12.3 Å². The molecule has 1 amide bonds. The van der Waals surface area contributed by atoms with Crippen molar-refractivity contribution in [2.24, 2.45) is 0 Å². The minimum atomic E-state index is -3.82. The van der Waals surface area contributed by atoms with E-state index >= 15 is 0 Å². The van der Waals surface area contributed by atoms with Crippen molar-refractivity contribution in [3.8, 4) is 5.88 Å². The van der Waals surface area contributed by atoms with Crippen LogP contribution in [0.3, 0.4) is 0 Å². The summed E-state index contributed by atoms with van der Waals surface area (Å²) in [6, 6.07) is 8.41. The van der Waals surface area contributed by atoms with E-state index in [1.165, 1.54) is 44.0 Å². The Labute approximate surface area is 175 Å². The van der Waals surface area contributed by atoms with Gasteiger partial charge in [-0.1, -0.05) is 17.7 Å². The third-order valence-electron chi connectivity index (χ3n) is 4.70. The summed E-state index contributed by atoms with van der Waals surface area (Å²) in [5.41, 5.74) is 0.796. The third-order valence-corrected chi connectivity index (χ3v) is 6.51. The third kappa shape index (κ3) is 6.16. The molecule has 1 aromatic heterocycles. The molecule has 1 aliphatic rings. The lowest BCUT2D eigenvalue weighted by Crippen LogP contribution is -2.44. The Bertz CT molecular complexity index is 927. The zero-order chi connectivity index (χ0) is 20.9. The van der Waals surface area contributed by atoms with Gasteiger partial charge in [0, 0.05) is 23.8 Å². The number of carbonyl (C=O) groups is 1. The maximum atomic E-state index is 12.4. The first-order valence-corrected chi connectivity index (χ1v) is 11.4. The van der Waals surface area contributed by atoms with Gasteiger partial charge in [-0.2, -0.15) is 4.72 Å². The van der Waals surface area contributed by atoms with E-state index in [0.717, 1.165) is 18.4 Å². The predicted octanol–water partition coefficient (Wildman–Crippen LogP) is 3.04. The Hall–Kier alpha value is -2.16. The van der Waals surface area contributed by atoms with Gasteiger partial charge in [-0.25, -0.2) is 13.4 Å². The highest BCUT2D eigenvalue weighted by Crippen LogP contribution is 2.22. The Morgan fingerprint density at radius 3 is 2.52 bits per heavy atom. The minimum Gasteiger partial charge on any atom is -0.474 e. The quantitative estimate of drug-likeness (QED) is 0.661. The van der Waals surface area contributed by atoms with E-state index in [1.807, 2.05) is 6.07 Å². The van der Waals surface area contributed by atoms with Crippen LogP contribution in [0.4, 0.5) is 0 Å². The number of halogens is 1. The smallest absolute Gasteiger partial charge is 0.241 e. The molecule has 9 heteroatoms. The SMILES string of the molecule is C[C@H](NS(=O)(=O)c1ccc(Cl)cc1)C(=O)NCc1ccc(OC2CCCC2)nc1. The summed E-state index contributed by atoms with van der Waals surface area (Å²) in [5.74, 6) is 0.143. The van der Waals surface area contributed by atoms with Crippen LogP contribution in [0.2, 0.25) is 5.02 Å². The maximum Gasteiger partial charge on any atom is 0.241 e. The summed E-state index contributed by atoms with van der Waals surface area (Å²) in [4.78, 5) is 16.6. The van der Waals surface area contributed by atoms with E-state index in [4.69, 9.17) is 16.3 Å². The molecule has 0 saturated heterocycles. The van der Waals surface area contributed by atoms with Gasteiger partial charge < -0.3 is 10.1 Å². The average Bonchev–Trinajstić information content (AvgIpc) is 3.20. The number of nitrogens with one attached hydrogen (secondary N) is 2. The Kier molecular flexibility index (Phi) is 7.10. The van der Waals surface area contributed by atoms with E-state index in [2.05, 4.69) is 15.0 Å². The number of pyridine rings is 1. The maximum absolute atomic E-state index is 12.4. The number of rotatable bonds is 8. The largest absolute Gasteiger partial charge is 0.474 e. The van der Waals surface area contributed by atoms with Crippen LogP contribution in [0.5, 0.6) is 5.88 Å². The van der Waals surface area contributed by atoms with Gasteiger partial charge in [0.15, 0.2) is 0 Å². The number of hydrogen-bond donors (Lipinski definition) is 2. The second-order valence-corrected chi connectivity index (χ2v) is 9.19. The van der Waals surface area contributed by atoms with E-state index in [9.17, 15) is 13.2 Å². The van der Waals surface area contributed by atoms with Crippen LogP contribution in [0.15, 0.2) is 47.5 Å². The normalized spacial score (nSPS) is 15.8.